The fourth-order valence-corrected chi connectivity index (χ4v) is 2.35. The summed E-state index contributed by atoms with van der Waals surface area (Å²) in [4.78, 5) is 26.9. The number of likely N-dealkylation sites (tertiary alicyclic amines) is 1. The minimum absolute atomic E-state index is 0.0159. The number of nitrogens with zero attached hydrogens (tertiary/aromatic N) is 2. The van der Waals surface area contributed by atoms with E-state index in [9.17, 15) is 9.59 Å². The lowest BCUT2D eigenvalue weighted by atomic mass is 9.98. The van der Waals surface area contributed by atoms with Crippen molar-refractivity contribution >= 4 is 12.0 Å². The van der Waals surface area contributed by atoms with E-state index in [1.54, 1.807) is 4.90 Å². The van der Waals surface area contributed by atoms with Crippen LogP contribution in [0.25, 0.3) is 0 Å². The van der Waals surface area contributed by atoms with Crippen molar-refractivity contribution in [1.29, 1.82) is 0 Å². The maximum Gasteiger partial charge on any atom is 0.320 e. The number of rotatable bonds is 4. The van der Waals surface area contributed by atoms with E-state index in [1.165, 1.54) is 0 Å². The molecule has 0 spiro atoms. The SMILES string of the molecule is CCCN(C(=O)N1CCC[C@H](C(=O)O)C1)C(C)C. The number of amides is 2. The Hall–Kier alpha value is -1.26. The quantitative estimate of drug-likeness (QED) is 0.837. The van der Waals surface area contributed by atoms with Crippen molar-refractivity contribution in [3.63, 3.8) is 0 Å². The van der Waals surface area contributed by atoms with Gasteiger partial charge in [-0.1, -0.05) is 6.92 Å². The Bertz CT molecular complexity index is 305. The number of aliphatic carboxylic acids is 1. The minimum atomic E-state index is -0.793. The molecule has 0 aliphatic carbocycles. The molecule has 1 aliphatic rings. The first kappa shape index (κ1) is 14.8. The molecule has 1 heterocycles. The summed E-state index contributed by atoms with van der Waals surface area (Å²) in [5.41, 5.74) is 0. The number of carboxylic acids is 1. The van der Waals surface area contributed by atoms with Gasteiger partial charge in [0.2, 0.25) is 0 Å². The average molecular weight is 256 g/mol. The van der Waals surface area contributed by atoms with Crippen LogP contribution in [0, 0.1) is 5.92 Å². The molecule has 0 aromatic carbocycles. The molecule has 1 fully saturated rings. The Morgan fingerprint density at radius 2 is 2.11 bits per heavy atom. The zero-order valence-electron chi connectivity index (χ0n) is 11.6. The molecular formula is C13H24N2O3. The van der Waals surface area contributed by atoms with Crippen LogP contribution in [0.3, 0.4) is 0 Å². The highest BCUT2D eigenvalue weighted by molar-refractivity contribution is 5.77. The monoisotopic (exact) mass is 256 g/mol. The number of carbonyl (C=O) groups excluding carboxylic acids is 1. The summed E-state index contributed by atoms with van der Waals surface area (Å²) in [6, 6.07) is 0.139. The first-order valence-electron chi connectivity index (χ1n) is 6.75. The van der Waals surface area contributed by atoms with Gasteiger partial charge in [-0.3, -0.25) is 4.79 Å². The molecule has 1 rings (SSSR count). The van der Waals surface area contributed by atoms with Crippen molar-refractivity contribution in [1.82, 2.24) is 9.80 Å². The number of hydrogen-bond donors (Lipinski definition) is 1. The molecule has 0 aromatic rings. The molecule has 104 valence electrons. The van der Waals surface area contributed by atoms with Gasteiger partial charge in [0.15, 0.2) is 0 Å². The van der Waals surface area contributed by atoms with Crippen LogP contribution in [-0.2, 0) is 4.79 Å². The summed E-state index contributed by atoms with van der Waals surface area (Å²) in [5, 5.41) is 9.04. The molecule has 5 heteroatoms. The maximum absolute atomic E-state index is 12.4. The van der Waals surface area contributed by atoms with Gasteiger partial charge in [-0.15, -0.1) is 0 Å². The predicted octanol–water partition coefficient (Wildman–Crippen LogP) is 2.02. The molecule has 1 aliphatic heterocycles. The smallest absolute Gasteiger partial charge is 0.320 e. The van der Waals surface area contributed by atoms with Crippen LogP contribution < -0.4 is 0 Å². The van der Waals surface area contributed by atoms with Gasteiger partial charge in [-0.05, 0) is 33.1 Å². The van der Waals surface area contributed by atoms with E-state index in [-0.39, 0.29) is 12.1 Å². The normalized spacial score (nSPS) is 20.0. The van der Waals surface area contributed by atoms with Crippen LogP contribution in [-0.4, -0.2) is 52.6 Å². The fraction of sp³-hybridized carbons (Fsp3) is 0.846. The Labute approximate surface area is 109 Å². The topological polar surface area (TPSA) is 60.9 Å². The first-order chi connectivity index (χ1) is 8.47. The fourth-order valence-electron chi connectivity index (χ4n) is 2.35. The zero-order chi connectivity index (χ0) is 13.7. The number of urea groups is 1. The Morgan fingerprint density at radius 1 is 1.44 bits per heavy atom. The van der Waals surface area contributed by atoms with E-state index >= 15 is 0 Å². The highest BCUT2D eigenvalue weighted by Crippen LogP contribution is 2.18. The van der Waals surface area contributed by atoms with Gasteiger partial charge in [0.25, 0.3) is 0 Å². The van der Waals surface area contributed by atoms with E-state index in [4.69, 9.17) is 5.11 Å². The van der Waals surface area contributed by atoms with Gasteiger partial charge in [0, 0.05) is 25.7 Å². The van der Waals surface area contributed by atoms with Gasteiger partial charge in [-0.25, -0.2) is 4.79 Å². The first-order valence-corrected chi connectivity index (χ1v) is 6.75. The van der Waals surface area contributed by atoms with E-state index < -0.39 is 11.9 Å². The Kier molecular flexibility index (Phi) is 5.44. The van der Waals surface area contributed by atoms with Crippen LogP contribution in [0.15, 0.2) is 0 Å². The van der Waals surface area contributed by atoms with Gasteiger partial charge < -0.3 is 14.9 Å². The third kappa shape index (κ3) is 3.62. The van der Waals surface area contributed by atoms with E-state index in [0.717, 1.165) is 19.4 Å². The van der Waals surface area contributed by atoms with E-state index in [2.05, 4.69) is 0 Å². The minimum Gasteiger partial charge on any atom is -0.481 e. The molecule has 1 atom stereocenters. The number of carbonyl (C=O) groups is 2. The van der Waals surface area contributed by atoms with Crippen LogP contribution >= 0.6 is 0 Å². The summed E-state index contributed by atoms with van der Waals surface area (Å²) < 4.78 is 0. The van der Waals surface area contributed by atoms with Gasteiger partial charge in [0.05, 0.1) is 5.92 Å². The molecular weight excluding hydrogens is 232 g/mol. The van der Waals surface area contributed by atoms with Crippen LogP contribution in [0.5, 0.6) is 0 Å². The van der Waals surface area contributed by atoms with Crippen molar-refractivity contribution < 1.29 is 14.7 Å². The number of hydrogen-bond acceptors (Lipinski definition) is 2. The molecule has 2 amide bonds. The lowest BCUT2D eigenvalue weighted by Crippen LogP contribution is -2.51. The summed E-state index contributed by atoms with van der Waals surface area (Å²) in [6.45, 7) is 7.78. The summed E-state index contributed by atoms with van der Waals surface area (Å²) >= 11 is 0. The highest BCUT2D eigenvalue weighted by Gasteiger charge is 2.30. The highest BCUT2D eigenvalue weighted by atomic mass is 16.4. The summed E-state index contributed by atoms with van der Waals surface area (Å²) in [6.07, 6.45) is 2.37. The van der Waals surface area contributed by atoms with Crippen molar-refractivity contribution in [2.75, 3.05) is 19.6 Å². The van der Waals surface area contributed by atoms with Gasteiger partial charge in [0.1, 0.15) is 0 Å². The lowest BCUT2D eigenvalue weighted by molar-refractivity contribution is -0.143. The van der Waals surface area contributed by atoms with E-state index in [1.807, 2.05) is 25.7 Å². The third-order valence-corrected chi connectivity index (χ3v) is 3.37. The molecule has 0 bridgehead atoms. The Morgan fingerprint density at radius 3 is 2.61 bits per heavy atom. The second-order valence-corrected chi connectivity index (χ2v) is 5.19. The van der Waals surface area contributed by atoms with Crippen molar-refractivity contribution in [2.24, 2.45) is 5.92 Å². The van der Waals surface area contributed by atoms with Crippen molar-refractivity contribution in [2.45, 2.75) is 46.1 Å². The molecule has 1 saturated heterocycles. The average Bonchev–Trinajstić information content (AvgIpc) is 2.35. The third-order valence-electron chi connectivity index (χ3n) is 3.37. The molecule has 0 aromatic heterocycles. The molecule has 1 N–H and O–H groups in total. The standard InChI is InChI=1S/C13H24N2O3/c1-4-7-15(10(2)3)13(18)14-8-5-6-11(9-14)12(16)17/h10-11H,4-9H2,1-3H3,(H,16,17)/t11-/m0/s1. The Balaban J connectivity index is 2.66. The second kappa shape index (κ2) is 6.61. The van der Waals surface area contributed by atoms with Crippen LogP contribution in [0.4, 0.5) is 4.79 Å². The lowest BCUT2D eigenvalue weighted by Gasteiger charge is -2.36. The zero-order valence-corrected chi connectivity index (χ0v) is 11.6. The largest absolute Gasteiger partial charge is 0.481 e. The van der Waals surface area contributed by atoms with Crippen molar-refractivity contribution in [3.8, 4) is 0 Å². The molecule has 18 heavy (non-hydrogen) atoms. The van der Waals surface area contributed by atoms with Gasteiger partial charge in [-0.2, -0.15) is 0 Å². The van der Waals surface area contributed by atoms with Crippen molar-refractivity contribution in [3.05, 3.63) is 0 Å². The maximum atomic E-state index is 12.4. The van der Waals surface area contributed by atoms with Gasteiger partial charge >= 0.3 is 12.0 Å². The van der Waals surface area contributed by atoms with E-state index in [0.29, 0.717) is 19.5 Å². The predicted molar refractivity (Wildman–Crippen MR) is 69.5 cm³/mol. The molecule has 5 nitrogen and oxygen atoms in total. The number of piperidine rings is 1. The van der Waals surface area contributed by atoms with Crippen LogP contribution in [0.1, 0.15) is 40.0 Å². The number of carboxylic acid groups (broad SMARTS) is 1. The summed E-state index contributed by atoms with van der Waals surface area (Å²) in [7, 11) is 0. The molecule has 0 unspecified atom stereocenters. The summed E-state index contributed by atoms with van der Waals surface area (Å²) in [5.74, 6) is -1.20. The second-order valence-electron chi connectivity index (χ2n) is 5.19. The van der Waals surface area contributed by atoms with Crippen LogP contribution in [0.2, 0.25) is 0 Å². The molecule has 0 saturated carbocycles. The molecule has 0 radical (unpaired) electrons.